The maximum atomic E-state index is 12.5. The summed E-state index contributed by atoms with van der Waals surface area (Å²) in [5.74, 6) is 0.000141. The van der Waals surface area contributed by atoms with E-state index in [0.717, 1.165) is 25.9 Å². The monoisotopic (exact) mass is 316 g/mol. The third kappa shape index (κ3) is 2.72. The zero-order chi connectivity index (χ0) is 16.6. The molecule has 6 nitrogen and oxygen atoms in total. The van der Waals surface area contributed by atoms with E-state index in [1.54, 1.807) is 13.2 Å². The van der Waals surface area contributed by atoms with E-state index in [1.807, 2.05) is 19.2 Å². The molecule has 1 aromatic heterocycles. The van der Waals surface area contributed by atoms with Gasteiger partial charge in [0.1, 0.15) is 5.54 Å². The summed E-state index contributed by atoms with van der Waals surface area (Å²) >= 11 is 0. The van der Waals surface area contributed by atoms with E-state index in [9.17, 15) is 9.59 Å². The number of pyridine rings is 1. The Morgan fingerprint density at radius 2 is 2.22 bits per heavy atom. The molecular formula is C17H24N4O2. The van der Waals surface area contributed by atoms with Crippen LogP contribution in [0.4, 0.5) is 4.79 Å². The van der Waals surface area contributed by atoms with Crippen molar-refractivity contribution in [2.45, 2.75) is 38.3 Å². The third-order valence-corrected chi connectivity index (χ3v) is 5.40. The number of likely N-dealkylation sites (tertiary alicyclic amines) is 1. The summed E-state index contributed by atoms with van der Waals surface area (Å²) in [5.41, 5.74) is 0.385. The summed E-state index contributed by atoms with van der Waals surface area (Å²) in [7, 11) is 1.54. The van der Waals surface area contributed by atoms with Crippen molar-refractivity contribution >= 4 is 11.9 Å². The van der Waals surface area contributed by atoms with E-state index in [4.69, 9.17) is 0 Å². The van der Waals surface area contributed by atoms with Gasteiger partial charge in [-0.1, -0.05) is 6.07 Å². The number of urea groups is 1. The predicted molar refractivity (Wildman–Crippen MR) is 86.7 cm³/mol. The lowest BCUT2D eigenvalue weighted by molar-refractivity contribution is -0.132. The second kappa shape index (κ2) is 5.92. The zero-order valence-corrected chi connectivity index (χ0v) is 14.0. The van der Waals surface area contributed by atoms with Crippen LogP contribution in [0.25, 0.3) is 0 Å². The summed E-state index contributed by atoms with van der Waals surface area (Å²) < 4.78 is 0. The molecule has 3 rings (SSSR count). The molecular weight excluding hydrogens is 292 g/mol. The molecule has 1 aromatic rings. The predicted octanol–water partition coefficient (Wildman–Crippen LogP) is 1.79. The Balaban J connectivity index is 1.76. The maximum Gasteiger partial charge on any atom is 0.324 e. The minimum atomic E-state index is -0.792. The average Bonchev–Trinajstić information content (AvgIpc) is 2.79. The minimum absolute atomic E-state index is 0.122. The van der Waals surface area contributed by atoms with E-state index in [-0.39, 0.29) is 23.9 Å². The smallest absolute Gasteiger partial charge is 0.323 e. The van der Waals surface area contributed by atoms with Crippen LogP contribution in [0.2, 0.25) is 0 Å². The summed E-state index contributed by atoms with van der Waals surface area (Å²) in [4.78, 5) is 32.1. The Morgan fingerprint density at radius 1 is 1.43 bits per heavy atom. The fourth-order valence-corrected chi connectivity index (χ4v) is 3.74. The molecule has 3 atom stereocenters. The van der Waals surface area contributed by atoms with Crippen molar-refractivity contribution in [3.05, 3.63) is 30.1 Å². The molecule has 23 heavy (non-hydrogen) atoms. The molecule has 2 aliphatic heterocycles. The average molecular weight is 316 g/mol. The van der Waals surface area contributed by atoms with Gasteiger partial charge in [0.25, 0.3) is 5.91 Å². The number of aromatic nitrogens is 1. The highest BCUT2D eigenvalue weighted by Gasteiger charge is 2.52. The highest BCUT2D eigenvalue weighted by Crippen LogP contribution is 2.34. The number of nitrogens with zero attached hydrogens (tertiary/aromatic N) is 3. The quantitative estimate of drug-likeness (QED) is 0.864. The van der Waals surface area contributed by atoms with Crippen LogP contribution in [-0.2, 0) is 4.79 Å². The van der Waals surface area contributed by atoms with Gasteiger partial charge in [-0.25, -0.2) is 4.79 Å². The van der Waals surface area contributed by atoms with Crippen molar-refractivity contribution in [3.63, 3.8) is 0 Å². The molecule has 3 amide bonds. The van der Waals surface area contributed by atoms with Crippen molar-refractivity contribution in [1.29, 1.82) is 0 Å². The molecule has 2 aliphatic rings. The largest absolute Gasteiger partial charge is 0.324 e. The normalized spacial score (nSPS) is 30.4. The Morgan fingerprint density at radius 3 is 2.83 bits per heavy atom. The van der Waals surface area contributed by atoms with E-state index < -0.39 is 5.54 Å². The van der Waals surface area contributed by atoms with Gasteiger partial charge in [-0.2, -0.15) is 0 Å². The summed E-state index contributed by atoms with van der Waals surface area (Å²) in [6.07, 6.45) is 5.65. The van der Waals surface area contributed by atoms with Gasteiger partial charge in [0.15, 0.2) is 0 Å². The first kappa shape index (κ1) is 15.9. The third-order valence-electron chi connectivity index (χ3n) is 5.40. The van der Waals surface area contributed by atoms with Crippen LogP contribution in [0, 0.1) is 5.92 Å². The Labute approximate surface area is 136 Å². The number of amides is 3. The molecule has 0 saturated carbocycles. The SMILES string of the molecule is CC(c1cccnc1)N1CCCC(C2(C)NC(=O)N(C)C2=O)C1. The molecule has 2 fully saturated rings. The molecule has 124 valence electrons. The van der Waals surface area contributed by atoms with Crippen LogP contribution in [0.3, 0.4) is 0 Å². The molecule has 0 aliphatic carbocycles. The van der Waals surface area contributed by atoms with Crippen LogP contribution < -0.4 is 5.32 Å². The van der Waals surface area contributed by atoms with E-state index in [2.05, 4.69) is 28.2 Å². The molecule has 0 radical (unpaired) electrons. The molecule has 1 N–H and O–H groups in total. The van der Waals surface area contributed by atoms with E-state index in [1.165, 1.54) is 10.5 Å². The van der Waals surface area contributed by atoms with Gasteiger partial charge in [0, 0.05) is 37.9 Å². The fourth-order valence-electron chi connectivity index (χ4n) is 3.74. The second-order valence-corrected chi connectivity index (χ2v) is 6.79. The number of nitrogens with one attached hydrogen (secondary N) is 1. The summed E-state index contributed by atoms with van der Waals surface area (Å²) in [5, 5.41) is 2.90. The van der Waals surface area contributed by atoms with Crippen LogP contribution in [0.15, 0.2) is 24.5 Å². The number of likely N-dealkylation sites (N-methyl/N-ethyl adjacent to an activating group) is 1. The van der Waals surface area contributed by atoms with Crippen molar-refractivity contribution in [1.82, 2.24) is 20.1 Å². The number of carbonyl (C=O) groups excluding carboxylic acids is 2. The fraction of sp³-hybridized carbons (Fsp3) is 0.588. The first-order valence-electron chi connectivity index (χ1n) is 8.17. The van der Waals surface area contributed by atoms with Crippen LogP contribution in [-0.4, -0.2) is 52.4 Å². The molecule has 3 heterocycles. The maximum absolute atomic E-state index is 12.5. The van der Waals surface area contributed by atoms with Crippen LogP contribution in [0.1, 0.15) is 38.3 Å². The number of hydrogen-bond donors (Lipinski definition) is 1. The summed E-state index contributed by atoms with van der Waals surface area (Å²) in [6, 6.07) is 3.98. The van der Waals surface area contributed by atoms with Gasteiger partial charge in [0.05, 0.1) is 0 Å². The summed E-state index contributed by atoms with van der Waals surface area (Å²) in [6.45, 7) is 5.83. The standard InChI is InChI=1S/C17H24N4O2/c1-12(13-6-4-8-18-10-13)21-9-5-7-14(11-21)17(2)15(22)20(3)16(23)19-17/h4,6,8,10,12,14H,5,7,9,11H2,1-3H3,(H,19,23). The van der Waals surface area contributed by atoms with Gasteiger partial charge >= 0.3 is 6.03 Å². The highest BCUT2D eigenvalue weighted by atomic mass is 16.2. The minimum Gasteiger partial charge on any atom is -0.323 e. The number of carbonyl (C=O) groups is 2. The number of imide groups is 1. The molecule has 0 bridgehead atoms. The number of rotatable bonds is 3. The Bertz CT molecular complexity index is 606. The number of piperidine rings is 1. The van der Waals surface area contributed by atoms with Crippen LogP contribution >= 0.6 is 0 Å². The molecule has 2 saturated heterocycles. The first-order chi connectivity index (χ1) is 10.9. The lowest BCUT2D eigenvalue weighted by atomic mass is 9.79. The molecule has 0 aromatic carbocycles. The van der Waals surface area contributed by atoms with Gasteiger partial charge in [-0.3, -0.25) is 19.6 Å². The topological polar surface area (TPSA) is 65.5 Å². The van der Waals surface area contributed by atoms with E-state index >= 15 is 0 Å². The van der Waals surface area contributed by atoms with Crippen LogP contribution in [0.5, 0.6) is 0 Å². The molecule has 3 unspecified atom stereocenters. The molecule has 6 heteroatoms. The Kier molecular flexibility index (Phi) is 4.10. The van der Waals surface area contributed by atoms with Crippen molar-refractivity contribution in [3.8, 4) is 0 Å². The van der Waals surface area contributed by atoms with Gasteiger partial charge in [0.2, 0.25) is 0 Å². The second-order valence-electron chi connectivity index (χ2n) is 6.79. The highest BCUT2D eigenvalue weighted by molar-refractivity contribution is 6.06. The lowest BCUT2D eigenvalue weighted by Gasteiger charge is -2.42. The lowest BCUT2D eigenvalue weighted by Crippen LogP contribution is -2.56. The first-order valence-corrected chi connectivity index (χ1v) is 8.17. The van der Waals surface area contributed by atoms with Crippen molar-refractivity contribution in [2.75, 3.05) is 20.1 Å². The van der Waals surface area contributed by atoms with E-state index in [0.29, 0.717) is 0 Å². The Hall–Kier alpha value is -1.95. The van der Waals surface area contributed by atoms with Gasteiger partial charge in [-0.05, 0) is 44.9 Å². The van der Waals surface area contributed by atoms with Gasteiger partial charge < -0.3 is 5.32 Å². The zero-order valence-electron chi connectivity index (χ0n) is 14.0. The van der Waals surface area contributed by atoms with Crippen molar-refractivity contribution in [2.24, 2.45) is 5.92 Å². The number of hydrogen-bond acceptors (Lipinski definition) is 4. The van der Waals surface area contributed by atoms with Gasteiger partial charge in [-0.15, -0.1) is 0 Å². The molecule has 0 spiro atoms. The van der Waals surface area contributed by atoms with Crippen molar-refractivity contribution < 1.29 is 9.59 Å².